The van der Waals surface area contributed by atoms with E-state index in [2.05, 4.69) is 5.10 Å². The highest BCUT2D eigenvalue weighted by Gasteiger charge is 2.18. The molecule has 0 aliphatic carbocycles. The fraction of sp³-hybridized carbons (Fsp3) is 0.188. The van der Waals surface area contributed by atoms with Crippen LogP contribution in [0.2, 0.25) is 0 Å². The van der Waals surface area contributed by atoms with Gasteiger partial charge in [-0.2, -0.15) is 5.10 Å². The highest BCUT2D eigenvalue weighted by atomic mass is 19.1. The molecule has 2 aromatic carbocycles. The van der Waals surface area contributed by atoms with E-state index in [0.29, 0.717) is 5.56 Å². The molecule has 5 heteroatoms. The van der Waals surface area contributed by atoms with Gasteiger partial charge in [-0.05, 0) is 23.8 Å². The maximum Gasteiger partial charge on any atom is 0.165 e. The fourth-order valence-corrected chi connectivity index (χ4v) is 2.51. The highest BCUT2D eigenvalue weighted by molar-refractivity contribution is 5.82. The second-order valence-electron chi connectivity index (χ2n) is 4.90. The normalized spacial score (nSPS) is 12.6. The van der Waals surface area contributed by atoms with E-state index in [1.807, 2.05) is 31.3 Å². The Morgan fingerprint density at radius 3 is 2.71 bits per heavy atom. The van der Waals surface area contributed by atoms with E-state index < -0.39 is 11.9 Å². The molecule has 0 saturated heterocycles. The lowest BCUT2D eigenvalue weighted by atomic mass is 10.0. The number of methoxy groups -OCH3 is 1. The van der Waals surface area contributed by atoms with Gasteiger partial charge in [-0.3, -0.25) is 4.68 Å². The number of nitrogens with zero attached hydrogens (tertiary/aromatic N) is 2. The molecule has 2 N–H and O–H groups in total. The average Bonchev–Trinajstić information content (AvgIpc) is 2.84. The fourth-order valence-electron chi connectivity index (χ4n) is 2.51. The number of para-hydroxylation sites is 1. The number of aromatic nitrogens is 2. The van der Waals surface area contributed by atoms with E-state index in [0.717, 1.165) is 16.6 Å². The zero-order valence-corrected chi connectivity index (χ0v) is 11.9. The van der Waals surface area contributed by atoms with Crippen molar-refractivity contribution in [3.8, 4) is 5.75 Å². The molecule has 0 aliphatic heterocycles. The second kappa shape index (κ2) is 5.18. The van der Waals surface area contributed by atoms with Crippen LogP contribution >= 0.6 is 0 Å². The summed E-state index contributed by atoms with van der Waals surface area (Å²) in [5.41, 5.74) is 8.67. The van der Waals surface area contributed by atoms with Crippen molar-refractivity contribution in [3.63, 3.8) is 0 Å². The van der Waals surface area contributed by atoms with Crippen LogP contribution < -0.4 is 10.5 Å². The topological polar surface area (TPSA) is 53.1 Å². The first kappa shape index (κ1) is 13.6. The highest BCUT2D eigenvalue weighted by Crippen LogP contribution is 2.28. The van der Waals surface area contributed by atoms with Crippen LogP contribution in [0, 0.1) is 5.82 Å². The lowest BCUT2D eigenvalue weighted by molar-refractivity contribution is 0.386. The summed E-state index contributed by atoms with van der Waals surface area (Å²) in [5.74, 6) is -0.220. The van der Waals surface area contributed by atoms with E-state index in [4.69, 9.17) is 10.5 Å². The molecule has 3 aromatic rings. The van der Waals surface area contributed by atoms with Crippen molar-refractivity contribution < 1.29 is 9.13 Å². The first-order valence-corrected chi connectivity index (χ1v) is 6.62. The van der Waals surface area contributed by atoms with Crippen LogP contribution in [0.25, 0.3) is 10.9 Å². The Labute approximate surface area is 121 Å². The van der Waals surface area contributed by atoms with Gasteiger partial charge in [0.25, 0.3) is 0 Å². The first-order chi connectivity index (χ1) is 10.1. The molecule has 1 atom stereocenters. The van der Waals surface area contributed by atoms with Crippen molar-refractivity contribution in [2.24, 2.45) is 12.8 Å². The number of rotatable bonds is 3. The summed E-state index contributed by atoms with van der Waals surface area (Å²) in [5, 5.41) is 5.45. The predicted molar refractivity (Wildman–Crippen MR) is 79.7 cm³/mol. The van der Waals surface area contributed by atoms with Crippen LogP contribution in [0.3, 0.4) is 0 Å². The van der Waals surface area contributed by atoms with Crippen molar-refractivity contribution in [2.75, 3.05) is 7.11 Å². The molecule has 0 fully saturated rings. The van der Waals surface area contributed by atoms with Gasteiger partial charge < -0.3 is 10.5 Å². The molecular formula is C16H16FN3O. The largest absolute Gasteiger partial charge is 0.494 e. The number of hydrogen-bond donors (Lipinski definition) is 1. The standard InChI is InChI=1S/C16H16FN3O/c1-20-13-6-4-3-5-11(13)16(19-20)15(18)10-7-8-14(21-2)12(17)9-10/h3-9,15H,18H2,1-2H3. The number of hydrogen-bond acceptors (Lipinski definition) is 3. The smallest absolute Gasteiger partial charge is 0.165 e. The molecule has 1 heterocycles. The molecule has 21 heavy (non-hydrogen) atoms. The Morgan fingerprint density at radius 1 is 1.24 bits per heavy atom. The van der Waals surface area contributed by atoms with Crippen LogP contribution in [-0.4, -0.2) is 16.9 Å². The van der Waals surface area contributed by atoms with Gasteiger partial charge >= 0.3 is 0 Å². The van der Waals surface area contributed by atoms with Crippen LogP contribution in [0.15, 0.2) is 42.5 Å². The third-order valence-electron chi connectivity index (χ3n) is 3.62. The number of benzene rings is 2. The van der Waals surface area contributed by atoms with Gasteiger partial charge in [-0.15, -0.1) is 0 Å². The van der Waals surface area contributed by atoms with Gasteiger partial charge in [0.1, 0.15) is 0 Å². The second-order valence-corrected chi connectivity index (χ2v) is 4.90. The summed E-state index contributed by atoms with van der Waals surface area (Å²) in [7, 11) is 3.30. The van der Waals surface area contributed by atoms with Crippen molar-refractivity contribution in [1.82, 2.24) is 9.78 Å². The van der Waals surface area contributed by atoms with E-state index in [1.165, 1.54) is 13.2 Å². The lowest BCUT2D eigenvalue weighted by Gasteiger charge is -2.11. The maximum absolute atomic E-state index is 13.8. The number of nitrogens with two attached hydrogens (primary N) is 1. The number of aryl methyl sites for hydroxylation is 1. The summed E-state index contributed by atoms with van der Waals surface area (Å²) >= 11 is 0. The third-order valence-corrected chi connectivity index (χ3v) is 3.62. The minimum absolute atomic E-state index is 0.205. The summed E-state index contributed by atoms with van der Waals surface area (Å²) in [6, 6.07) is 12.1. The van der Waals surface area contributed by atoms with E-state index in [1.54, 1.807) is 16.8 Å². The zero-order chi connectivity index (χ0) is 15.0. The van der Waals surface area contributed by atoms with Crippen LogP contribution in [0.4, 0.5) is 4.39 Å². The molecule has 0 spiro atoms. The van der Waals surface area contributed by atoms with Crippen LogP contribution in [0.1, 0.15) is 17.3 Å². The minimum atomic E-state index is -0.489. The van der Waals surface area contributed by atoms with E-state index in [-0.39, 0.29) is 5.75 Å². The van der Waals surface area contributed by atoms with E-state index >= 15 is 0 Å². The quantitative estimate of drug-likeness (QED) is 0.805. The average molecular weight is 285 g/mol. The van der Waals surface area contributed by atoms with Crippen molar-refractivity contribution >= 4 is 10.9 Å². The summed E-state index contributed by atoms with van der Waals surface area (Å²) in [6.07, 6.45) is 0. The SMILES string of the molecule is COc1ccc(C(N)c2nn(C)c3ccccc23)cc1F. The molecule has 3 rings (SSSR count). The molecular weight excluding hydrogens is 269 g/mol. The summed E-state index contributed by atoms with van der Waals surface area (Å²) in [6.45, 7) is 0. The Kier molecular flexibility index (Phi) is 3.35. The van der Waals surface area contributed by atoms with Gasteiger partial charge in [-0.25, -0.2) is 4.39 Å². The molecule has 0 saturated carbocycles. The first-order valence-electron chi connectivity index (χ1n) is 6.62. The molecule has 0 bridgehead atoms. The molecule has 0 radical (unpaired) electrons. The molecule has 0 aliphatic rings. The molecule has 4 nitrogen and oxygen atoms in total. The Morgan fingerprint density at radius 2 is 2.00 bits per heavy atom. The molecule has 0 amide bonds. The molecule has 108 valence electrons. The zero-order valence-electron chi connectivity index (χ0n) is 11.9. The Balaban J connectivity index is 2.08. The monoisotopic (exact) mass is 285 g/mol. The van der Waals surface area contributed by atoms with Gasteiger partial charge in [0.15, 0.2) is 11.6 Å². The molecule has 1 aromatic heterocycles. The van der Waals surface area contributed by atoms with Crippen molar-refractivity contribution in [2.45, 2.75) is 6.04 Å². The van der Waals surface area contributed by atoms with Gasteiger partial charge in [0.05, 0.1) is 24.4 Å². The summed E-state index contributed by atoms with van der Waals surface area (Å²) < 4.78 is 20.5. The number of ether oxygens (including phenoxy) is 1. The van der Waals surface area contributed by atoms with Gasteiger partial charge in [0.2, 0.25) is 0 Å². The number of halogens is 1. The van der Waals surface area contributed by atoms with Gasteiger partial charge in [0, 0.05) is 12.4 Å². The Bertz CT molecular complexity index is 797. The Hall–Kier alpha value is -2.40. The lowest BCUT2D eigenvalue weighted by Crippen LogP contribution is -2.13. The summed E-state index contributed by atoms with van der Waals surface area (Å²) in [4.78, 5) is 0. The van der Waals surface area contributed by atoms with Crippen LogP contribution in [-0.2, 0) is 7.05 Å². The van der Waals surface area contributed by atoms with E-state index in [9.17, 15) is 4.39 Å². The number of fused-ring (bicyclic) bond motifs is 1. The maximum atomic E-state index is 13.8. The van der Waals surface area contributed by atoms with Crippen LogP contribution in [0.5, 0.6) is 5.75 Å². The third kappa shape index (κ3) is 2.25. The minimum Gasteiger partial charge on any atom is -0.494 e. The van der Waals surface area contributed by atoms with Crippen molar-refractivity contribution in [1.29, 1.82) is 0 Å². The predicted octanol–water partition coefficient (Wildman–Crippen LogP) is 2.77. The van der Waals surface area contributed by atoms with Gasteiger partial charge in [-0.1, -0.05) is 24.3 Å². The molecule has 1 unspecified atom stereocenters. The van der Waals surface area contributed by atoms with Crippen molar-refractivity contribution in [3.05, 3.63) is 59.5 Å².